The fourth-order valence-electron chi connectivity index (χ4n) is 8.49. The summed E-state index contributed by atoms with van der Waals surface area (Å²) in [5, 5.41) is 5.39. The summed E-state index contributed by atoms with van der Waals surface area (Å²) in [5.74, 6) is -5.36. The van der Waals surface area contributed by atoms with Crippen molar-refractivity contribution in [3.05, 3.63) is 24.1 Å². The molecule has 2 aliphatic carbocycles. The summed E-state index contributed by atoms with van der Waals surface area (Å²) in [5.41, 5.74) is -4.83. The Bertz CT molecular complexity index is 2190. The first-order chi connectivity index (χ1) is 28.9. The molecule has 7 atom stereocenters. The molecule has 4 aliphatic rings. The molecule has 15 nitrogen and oxygen atoms in total. The van der Waals surface area contributed by atoms with Crippen LogP contribution in [0, 0.1) is 23.6 Å². The van der Waals surface area contributed by atoms with Crippen molar-refractivity contribution in [3.63, 3.8) is 0 Å². The Morgan fingerprint density at radius 2 is 1.66 bits per heavy atom. The van der Waals surface area contributed by atoms with Crippen LogP contribution in [-0.2, 0) is 29.1 Å². The molecule has 62 heavy (non-hydrogen) atoms. The van der Waals surface area contributed by atoms with Crippen LogP contribution in [0.5, 0.6) is 17.4 Å². The van der Waals surface area contributed by atoms with Gasteiger partial charge in [0.1, 0.15) is 29.5 Å². The van der Waals surface area contributed by atoms with Gasteiger partial charge in [-0.1, -0.05) is 33.1 Å². The van der Waals surface area contributed by atoms with Gasteiger partial charge in [-0.15, -0.1) is 0 Å². The summed E-state index contributed by atoms with van der Waals surface area (Å²) in [7, 11) is -2.28. The van der Waals surface area contributed by atoms with Gasteiger partial charge in [-0.05, 0) is 75.8 Å². The van der Waals surface area contributed by atoms with Gasteiger partial charge in [0.15, 0.2) is 16.3 Å². The topological polar surface area (TPSA) is 192 Å². The number of aromatic nitrogens is 1. The normalized spacial score (nSPS) is 28.1. The number of hydrogen-bond donors (Lipinski definition) is 3. The van der Waals surface area contributed by atoms with E-state index in [1.165, 1.54) is 26.5 Å². The largest absolute Gasteiger partial charge is 0.494 e. The molecule has 4 amide bonds. The van der Waals surface area contributed by atoms with Crippen molar-refractivity contribution in [2.45, 2.75) is 132 Å². The molecule has 0 spiro atoms. The zero-order valence-electron chi connectivity index (χ0n) is 35.0. The highest BCUT2D eigenvalue weighted by atomic mass is 32.2. The van der Waals surface area contributed by atoms with Crippen LogP contribution in [-0.4, -0.2) is 110 Å². The number of alkyl carbamates (subject to hydrolysis) is 1. The van der Waals surface area contributed by atoms with Gasteiger partial charge >= 0.3 is 12.3 Å². The van der Waals surface area contributed by atoms with Crippen molar-refractivity contribution >= 4 is 44.6 Å². The van der Waals surface area contributed by atoms with Gasteiger partial charge in [0.25, 0.3) is 12.3 Å². The van der Waals surface area contributed by atoms with E-state index < -0.39 is 105 Å². The number of carbonyl (C=O) groups is 4. The minimum Gasteiger partial charge on any atom is -0.494 e. The highest BCUT2D eigenvalue weighted by Gasteiger charge is 2.66. The molecule has 2 aliphatic heterocycles. The van der Waals surface area contributed by atoms with Gasteiger partial charge < -0.3 is 34.5 Å². The molecule has 6 rings (SSSR count). The van der Waals surface area contributed by atoms with Gasteiger partial charge in [0, 0.05) is 11.8 Å². The average molecular weight is 908 g/mol. The van der Waals surface area contributed by atoms with E-state index in [0.717, 1.165) is 11.0 Å². The molecule has 0 bridgehead atoms. The summed E-state index contributed by atoms with van der Waals surface area (Å²) in [6.45, 7) is 4.37. The number of benzene rings is 1. The van der Waals surface area contributed by atoms with Crippen LogP contribution in [0.2, 0.25) is 0 Å². The molecular formula is C40H51F6N5O10S. The van der Waals surface area contributed by atoms with E-state index in [-0.39, 0.29) is 54.4 Å². The highest BCUT2D eigenvalue weighted by Crippen LogP contribution is 2.51. The van der Waals surface area contributed by atoms with Crippen molar-refractivity contribution < 1.29 is 72.9 Å². The summed E-state index contributed by atoms with van der Waals surface area (Å²) in [6, 6.07) is -0.635. The van der Waals surface area contributed by atoms with Crippen molar-refractivity contribution in [1.29, 1.82) is 0 Å². The second-order valence-electron chi connectivity index (χ2n) is 17.4. The third kappa shape index (κ3) is 9.02. The molecule has 1 aromatic heterocycles. The lowest BCUT2D eigenvalue weighted by Gasteiger charge is -2.34. The summed E-state index contributed by atoms with van der Waals surface area (Å²) >= 11 is 0. The highest BCUT2D eigenvalue weighted by molar-refractivity contribution is 7.91. The van der Waals surface area contributed by atoms with Crippen LogP contribution in [0.15, 0.2) is 18.3 Å². The maximum absolute atomic E-state index is 15.1. The molecule has 0 radical (unpaired) electrons. The lowest BCUT2D eigenvalue weighted by atomic mass is 9.87. The second-order valence-corrected chi connectivity index (χ2v) is 19.5. The predicted molar refractivity (Wildman–Crippen MR) is 208 cm³/mol. The van der Waals surface area contributed by atoms with E-state index in [4.69, 9.17) is 18.9 Å². The Labute approximate surface area is 354 Å². The first kappa shape index (κ1) is 46.7. The Kier molecular flexibility index (Phi) is 12.9. The van der Waals surface area contributed by atoms with Crippen LogP contribution in [0.4, 0.5) is 31.1 Å². The van der Waals surface area contributed by atoms with Crippen LogP contribution < -0.4 is 29.6 Å². The fourth-order valence-corrected chi connectivity index (χ4v) is 10.00. The molecule has 3 heterocycles. The molecule has 2 saturated carbocycles. The molecule has 344 valence electrons. The average Bonchev–Trinajstić information content (AvgIpc) is 4.09. The maximum atomic E-state index is 15.1. The zero-order valence-corrected chi connectivity index (χ0v) is 35.8. The van der Waals surface area contributed by atoms with E-state index >= 15 is 4.39 Å². The number of carbonyl (C=O) groups excluding carboxylic acids is 4. The number of sulfonamides is 1. The Balaban J connectivity index is 1.37. The van der Waals surface area contributed by atoms with Crippen molar-refractivity contribution in [1.82, 2.24) is 25.2 Å². The van der Waals surface area contributed by atoms with Crippen LogP contribution in [0.3, 0.4) is 0 Å². The molecule has 1 aromatic carbocycles. The van der Waals surface area contributed by atoms with Crippen molar-refractivity contribution in [2.24, 2.45) is 17.8 Å². The van der Waals surface area contributed by atoms with Crippen molar-refractivity contribution in [2.75, 3.05) is 20.8 Å². The lowest BCUT2D eigenvalue weighted by molar-refractivity contribution is -0.244. The number of nitrogens with one attached hydrogen (secondary N) is 3. The van der Waals surface area contributed by atoms with Crippen LogP contribution in [0.25, 0.3) is 10.8 Å². The number of hydrogen-bond acceptors (Lipinski definition) is 11. The third-order valence-electron chi connectivity index (χ3n) is 12.6. The molecule has 2 saturated heterocycles. The predicted octanol–water partition coefficient (Wildman–Crippen LogP) is 5.53. The maximum Gasteiger partial charge on any atom is 0.427 e. The minimum absolute atomic E-state index is 0.0449. The quantitative estimate of drug-likeness (QED) is 0.254. The van der Waals surface area contributed by atoms with Crippen molar-refractivity contribution in [3.8, 4) is 17.4 Å². The lowest BCUT2D eigenvalue weighted by Crippen LogP contribution is -2.60. The summed E-state index contributed by atoms with van der Waals surface area (Å²) < 4.78 is 131. The Hall–Kier alpha value is -4.76. The van der Waals surface area contributed by atoms with E-state index in [1.54, 1.807) is 6.92 Å². The third-order valence-corrected chi connectivity index (χ3v) is 14.7. The van der Waals surface area contributed by atoms with Gasteiger partial charge in [-0.3, -0.25) is 19.1 Å². The van der Waals surface area contributed by atoms with E-state index in [0.29, 0.717) is 51.3 Å². The smallest absolute Gasteiger partial charge is 0.427 e. The number of rotatable bonds is 10. The van der Waals surface area contributed by atoms with Gasteiger partial charge in [0.2, 0.25) is 33.3 Å². The first-order valence-electron chi connectivity index (χ1n) is 20.3. The number of fused-ring (bicyclic) bond motifs is 3. The van der Waals surface area contributed by atoms with E-state index in [1.807, 2.05) is 11.6 Å². The van der Waals surface area contributed by atoms with Gasteiger partial charge in [-0.25, -0.2) is 31.4 Å². The first-order valence-corrected chi connectivity index (χ1v) is 21.8. The molecule has 0 unspecified atom stereocenters. The number of nitrogens with zero attached hydrogens (tertiary/aromatic N) is 2. The molecule has 4 fully saturated rings. The summed E-state index contributed by atoms with van der Waals surface area (Å²) in [6.07, 6.45) is -8.41. The number of alkyl halides is 5. The van der Waals surface area contributed by atoms with Gasteiger partial charge in [-0.2, -0.15) is 13.2 Å². The Morgan fingerprint density at radius 1 is 1.00 bits per heavy atom. The number of halogens is 6. The number of methoxy groups -OCH3 is 2. The molecule has 22 heteroatoms. The zero-order chi connectivity index (χ0) is 45.7. The minimum atomic E-state index is -4.98. The fraction of sp³-hybridized carbons (Fsp3) is 0.675. The number of amides is 4. The number of ether oxygens (including phenoxy) is 4. The summed E-state index contributed by atoms with van der Waals surface area (Å²) in [4.78, 5) is 61.7. The van der Waals surface area contributed by atoms with Crippen LogP contribution in [0.1, 0.15) is 85.5 Å². The standard InChI is InChI=1S/C40H51F6N5O10S/c1-20-9-7-8-10-22-17-39(22,35(54)50-62(56,57)38(11-12-38)34(42)43)49-31(52)27-14-23(60-32-25-15-26(41)28(58-5)16-24(25)29(59-6)18-47-32)19-51(27)33(53)30(21(2)13-20)48-36(55)61-37(3,4)40(44,45)46/h15-16,18,20-23,27,30,34H,7-14,17,19H2,1-6H3,(H,48,55)(H,49,52)(H,50,54)/t20-,21-,22-,23-,27+,30+,39-/m1/s1. The monoisotopic (exact) mass is 907 g/mol. The van der Waals surface area contributed by atoms with E-state index in [2.05, 4.69) is 15.6 Å². The van der Waals surface area contributed by atoms with E-state index in [9.17, 15) is 49.5 Å². The van der Waals surface area contributed by atoms with Crippen LogP contribution >= 0.6 is 0 Å². The second kappa shape index (κ2) is 17.1. The molecular weight excluding hydrogens is 857 g/mol. The number of pyridine rings is 1. The Morgan fingerprint density at radius 3 is 2.27 bits per heavy atom. The molecule has 2 aromatic rings. The van der Waals surface area contributed by atoms with Gasteiger partial charge in [0.05, 0.1) is 32.3 Å². The SMILES string of the molecule is COc1cc2c(OC)cnc(O[C@@H]3C[C@H]4C(=O)N[C@]5(C(=O)NS(=O)(=O)C6(C(F)F)CC6)C[C@H]5CCCC[C@@H](C)C[C@@H](C)[C@H](NC(=O)OC(C)(C)C(F)(F)F)C(=O)N4C3)c2cc1F. The molecule has 3 N–H and O–H groups in total.